The lowest BCUT2D eigenvalue weighted by Crippen LogP contribution is -2.32. The number of sulfonamides is 1. The third-order valence-electron chi connectivity index (χ3n) is 5.12. The first-order chi connectivity index (χ1) is 13.8. The first kappa shape index (κ1) is 21.3. The van der Waals surface area contributed by atoms with E-state index in [-0.39, 0.29) is 22.8 Å². The molecule has 0 bridgehead atoms. The Hall–Kier alpha value is -2.39. The fourth-order valence-electron chi connectivity index (χ4n) is 3.36. The minimum absolute atomic E-state index is 0.0216. The van der Waals surface area contributed by atoms with E-state index in [9.17, 15) is 13.2 Å². The van der Waals surface area contributed by atoms with Gasteiger partial charge in [0.25, 0.3) is 0 Å². The Balaban J connectivity index is 1.85. The molecule has 9 heteroatoms. The Kier molecular flexibility index (Phi) is 6.59. The van der Waals surface area contributed by atoms with Gasteiger partial charge < -0.3 is 14.0 Å². The van der Waals surface area contributed by atoms with E-state index in [0.717, 1.165) is 25.7 Å². The van der Waals surface area contributed by atoms with E-state index >= 15 is 0 Å². The standard InChI is InChI=1S/C20H26N2O6S/c1-14-18(15(2)28-21-14)13-27-20(23)17-12-16(8-9-19(17)26-3)29(24,25)22-10-6-4-5-7-11-22/h8-9,12H,4-7,10-11,13H2,1-3H3. The average Bonchev–Trinajstić information content (AvgIpc) is 2.92. The maximum absolute atomic E-state index is 13.1. The van der Waals surface area contributed by atoms with E-state index in [1.54, 1.807) is 13.8 Å². The maximum Gasteiger partial charge on any atom is 0.342 e. The van der Waals surface area contributed by atoms with Crippen molar-refractivity contribution in [2.24, 2.45) is 0 Å². The van der Waals surface area contributed by atoms with Crippen molar-refractivity contribution < 1.29 is 27.2 Å². The van der Waals surface area contributed by atoms with Crippen LogP contribution in [0, 0.1) is 13.8 Å². The lowest BCUT2D eigenvalue weighted by molar-refractivity contribution is 0.0467. The minimum atomic E-state index is -3.69. The van der Waals surface area contributed by atoms with Gasteiger partial charge in [-0.15, -0.1) is 0 Å². The van der Waals surface area contributed by atoms with Crippen LogP contribution in [0.5, 0.6) is 5.75 Å². The van der Waals surface area contributed by atoms with Crippen LogP contribution in [0.4, 0.5) is 0 Å². The molecule has 0 spiro atoms. The largest absolute Gasteiger partial charge is 0.496 e. The van der Waals surface area contributed by atoms with Crippen LogP contribution in [0.2, 0.25) is 0 Å². The summed E-state index contributed by atoms with van der Waals surface area (Å²) in [5.41, 5.74) is 1.39. The molecule has 29 heavy (non-hydrogen) atoms. The van der Waals surface area contributed by atoms with Crippen LogP contribution in [0.15, 0.2) is 27.6 Å². The molecule has 2 aromatic rings. The number of hydrogen-bond acceptors (Lipinski definition) is 7. The third kappa shape index (κ3) is 4.62. The molecule has 1 saturated heterocycles. The van der Waals surface area contributed by atoms with Gasteiger partial charge in [-0.3, -0.25) is 0 Å². The molecular formula is C20H26N2O6S. The van der Waals surface area contributed by atoms with Gasteiger partial charge in [-0.2, -0.15) is 4.31 Å². The quantitative estimate of drug-likeness (QED) is 0.659. The second-order valence-corrected chi connectivity index (χ2v) is 9.00. The van der Waals surface area contributed by atoms with Crippen molar-refractivity contribution in [3.8, 4) is 5.75 Å². The molecule has 0 saturated carbocycles. The summed E-state index contributed by atoms with van der Waals surface area (Å²) in [6.45, 7) is 4.44. The molecule has 0 atom stereocenters. The Bertz CT molecular complexity index is 955. The summed E-state index contributed by atoms with van der Waals surface area (Å²) in [6.07, 6.45) is 3.71. The number of aryl methyl sites for hydroxylation is 2. The van der Waals surface area contributed by atoms with E-state index in [4.69, 9.17) is 14.0 Å². The highest BCUT2D eigenvalue weighted by Gasteiger charge is 2.27. The fourth-order valence-corrected chi connectivity index (χ4v) is 4.91. The van der Waals surface area contributed by atoms with E-state index in [2.05, 4.69) is 5.16 Å². The van der Waals surface area contributed by atoms with Gasteiger partial charge in [-0.25, -0.2) is 13.2 Å². The number of rotatable bonds is 6. The van der Waals surface area contributed by atoms with E-state index < -0.39 is 16.0 Å². The number of ether oxygens (including phenoxy) is 2. The van der Waals surface area contributed by atoms with Gasteiger partial charge in [0, 0.05) is 13.1 Å². The molecule has 1 fully saturated rings. The van der Waals surface area contributed by atoms with Crippen LogP contribution >= 0.6 is 0 Å². The molecule has 1 aliphatic rings. The van der Waals surface area contributed by atoms with Gasteiger partial charge in [0.2, 0.25) is 10.0 Å². The van der Waals surface area contributed by atoms with Crippen LogP contribution < -0.4 is 4.74 Å². The van der Waals surface area contributed by atoms with Crippen molar-refractivity contribution >= 4 is 16.0 Å². The summed E-state index contributed by atoms with van der Waals surface area (Å²) < 4.78 is 43.3. The minimum Gasteiger partial charge on any atom is -0.496 e. The second-order valence-electron chi connectivity index (χ2n) is 7.06. The predicted molar refractivity (Wildman–Crippen MR) is 105 cm³/mol. The number of hydrogen-bond donors (Lipinski definition) is 0. The topological polar surface area (TPSA) is 98.9 Å². The normalized spacial score (nSPS) is 15.7. The van der Waals surface area contributed by atoms with E-state index in [1.807, 2.05) is 0 Å². The van der Waals surface area contributed by atoms with Gasteiger partial charge in [-0.1, -0.05) is 18.0 Å². The highest BCUT2D eigenvalue weighted by atomic mass is 32.2. The molecule has 3 rings (SSSR count). The zero-order chi connectivity index (χ0) is 21.0. The summed E-state index contributed by atoms with van der Waals surface area (Å²) >= 11 is 0. The van der Waals surface area contributed by atoms with Crippen LogP contribution in [0.1, 0.15) is 53.1 Å². The molecule has 1 aromatic heterocycles. The SMILES string of the molecule is COc1ccc(S(=O)(=O)N2CCCCCC2)cc1C(=O)OCc1c(C)noc1C. The molecule has 158 valence electrons. The second kappa shape index (κ2) is 8.96. The van der Waals surface area contributed by atoms with E-state index in [0.29, 0.717) is 30.1 Å². The fraction of sp³-hybridized carbons (Fsp3) is 0.500. The van der Waals surface area contributed by atoms with Crippen molar-refractivity contribution in [2.45, 2.75) is 51.0 Å². The van der Waals surface area contributed by atoms with Crippen molar-refractivity contribution in [3.05, 3.63) is 40.8 Å². The van der Waals surface area contributed by atoms with Gasteiger partial charge >= 0.3 is 5.97 Å². The van der Waals surface area contributed by atoms with Crippen LogP contribution in [-0.4, -0.2) is 44.0 Å². The van der Waals surface area contributed by atoms with Crippen molar-refractivity contribution in [1.29, 1.82) is 0 Å². The first-order valence-corrected chi connectivity index (χ1v) is 11.1. The third-order valence-corrected chi connectivity index (χ3v) is 7.02. The number of nitrogens with zero attached hydrogens (tertiary/aromatic N) is 2. The maximum atomic E-state index is 13.1. The first-order valence-electron chi connectivity index (χ1n) is 9.61. The molecule has 2 heterocycles. The number of carbonyl (C=O) groups excluding carboxylic acids is 1. The molecular weight excluding hydrogens is 396 g/mol. The lowest BCUT2D eigenvalue weighted by Gasteiger charge is -2.20. The summed E-state index contributed by atoms with van der Waals surface area (Å²) in [7, 11) is -2.27. The highest BCUT2D eigenvalue weighted by Crippen LogP contribution is 2.27. The summed E-state index contributed by atoms with van der Waals surface area (Å²) in [5, 5.41) is 3.83. The molecule has 0 N–H and O–H groups in total. The smallest absolute Gasteiger partial charge is 0.342 e. The van der Waals surface area contributed by atoms with Crippen LogP contribution in [0.3, 0.4) is 0 Å². The number of aromatic nitrogens is 1. The van der Waals surface area contributed by atoms with Crippen molar-refractivity contribution in [3.63, 3.8) is 0 Å². The van der Waals surface area contributed by atoms with Crippen molar-refractivity contribution in [2.75, 3.05) is 20.2 Å². The van der Waals surface area contributed by atoms with Gasteiger partial charge in [0.1, 0.15) is 23.7 Å². The predicted octanol–water partition coefficient (Wildman–Crippen LogP) is 3.22. The highest BCUT2D eigenvalue weighted by molar-refractivity contribution is 7.89. The molecule has 0 aliphatic carbocycles. The van der Waals surface area contributed by atoms with Gasteiger partial charge in [0.05, 0.1) is 23.3 Å². The number of methoxy groups -OCH3 is 1. The number of esters is 1. The summed E-state index contributed by atoms with van der Waals surface area (Å²) in [6, 6.07) is 4.27. The molecule has 0 amide bonds. The van der Waals surface area contributed by atoms with Crippen LogP contribution in [-0.2, 0) is 21.4 Å². The average molecular weight is 423 g/mol. The molecule has 1 aromatic carbocycles. The Morgan fingerprint density at radius 1 is 1.17 bits per heavy atom. The number of carbonyl (C=O) groups is 1. The summed E-state index contributed by atoms with van der Waals surface area (Å²) in [5.74, 6) is 0.151. The van der Waals surface area contributed by atoms with E-state index in [1.165, 1.54) is 29.6 Å². The van der Waals surface area contributed by atoms with Gasteiger partial charge in [-0.05, 0) is 44.9 Å². The monoisotopic (exact) mass is 422 g/mol. The zero-order valence-electron chi connectivity index (χ0n) is 16.9. The molecule has 0 radical (unpaired) electrons. The van der Waals surface area contributed by atoms with Crippen LogP contribution in [0.25, 0.3) is 0 Å². The Morgan fingerprint density at radius 3 is 2.45 bits per heavy atom. The van der Waals surface area contributed by atoms with Crippen molar-refractivity contribution in [1.82, 2.24) is 9.46 Å². The van der Waals surface area contributed by atoms with Gasteiger partial charge in [0.15, 0.2) is 0 Å². The lowest BCUT2D eigenvalue weighted by atomic mass is 10.2. The number of benzene rings is 1. The zero-order valence-corrected chi connectivity index (χ0v) is 17.8. The molecule has 0 unspecified atom stereocenters. The Morgan fingerprint density at radius 2 is 1.86 bits per heavy atom. The summed E-state index contributed by atoms with van der Waals surface area (Å²) in [4.78, 5) is 12.8. The molecule has 8 nitrogen and oxygen atoms in total. The Labute approximate surface area is 170 Å². The molecule has 1 aliphatic heterocycles.